The molecule has 1 N–H and O–H groups in total. The molecule has 0 fully saturated rings. The minimum absolute atomic E-state index is 0.400. The first-order chi connectivity index (χ1) is 9.92. The van der Waals surface area contributed by atoms with Gasteiger partial charge in [0.2, 0.25) is 0 Å². The molecule has 114 valence electrons. The lowest BCUT2D eigenvalue weighted by Gasteiger charge is -2.18. The summed E-state index contributed by atoms with van der Waals surface area (Å²) >= 11 is 3.66. The van der Waals surface area contributed by atoms with E-state index in [1.165, 1.54) is 22.4 Å². The van der Waals surface area contributed by atoms with Gasteiger partial charge in [0.1, 0.15) is 0 Å². The first-order valence-electron chi connectivity index (χ1n) is 7.33. The van der Waals surface area contributed by atoms with E-state index in [4.69, 9.17) is 0 Å². The number of hydrogen-bond acceptors (Lipinski definition) is 2. The van der Waals surface area contributed by atoms with E-state index in [9.17, 15) is 0 Å². The molecule has 0 aliphatic heterocycles. The third kappa shape index (κ3) is 3.74. The maximum Gasteiger partial charge on any atom is 0.0738 e. The van der Waals surface area contributed by atoms with Gasteiger partial charge in [0.25, 0.3) is 0 Å². The fourth-order valence-corrected chi connectivity index (χ4v) is 3.19. The van der Waals surface area contributed by atoms with E-state index in [0.29, 0.717) is 6.04 Å². The molecule has 4 heteroatoms. The van der Waals surface area contributed by atoms with Crippen molar-refractivity contribution in [2.45, 2.75) is 39.7 Å². The fraction of sp³-hybridized carbons (Fsp3) is 0.471. The molecule has 0 amide bonds. The van der Waals surface area contributed by atoms with E-state index in [1.807, 2.05) is 25.7 Å². The van der Waals surface area contributed by atoms with Crippen molar-refractivity contribution in [3.8, 4) is 0 Å². The molecule has 21 heavy (non-hydrogen) atoms. The molecular weight excluding hydrogens is 326 g/mol. The van der Waals surface area contributed by atoms with Crippen molar-refractivity contribution in [3.05, 3.63) is 50.8 Å². The average molecular weight is 350 g/mol. The Hall–Kier alpha value is -1.13. The summed E-state index contributed by atoms with van der Waals surface area (Å²) in [5, 5.41) is 7.93. The zero-order valence-corrected chi connectivity index (χ0v) is 15.1. The molecule has 0 bridgehead atoms. The number of halogens is 1. The Morgan fingerprint density at radius 1 is 1.24 bits per heavy atom. The van der Waals surface area contributed by atoms with E-state index in [-0.39, 0.29) is 0 Å². The number of nitrogens with one attached hydrogen (secondary N) is 1. The smallest absolute Gasteiger partial charge is 0.0738 e. The SMILES string of the molecule is CNC(Cc1cc(C)ccc1C)Cc1c(Br)c(C)nn1C. The van der Waals surface area contributed by atoms with Crippen LogP contribution in [0.15, 0.2) is 22.7 Å². The predicted molar refractivity (Wildman–Crippen MR) is 91.8 cm³/mol. The normalized spacial score (nSPS) is 12.7. The zero-order valence-electron chi connectivity index (χ0n) is 13.5. The molecule has 1 aromatic carbocycles. The third-order valence-corrected chi connectivity index (χ3v) is 5.11. The van der Waals surface area contributed by atoms with Crippen molar-refractivity contribution in [1.29, 1.82) is 0 Å². The van der Waals surface area contributed by atoms with Crippen LogP contribution in [0.4, 0.5) is 0 Å². The highest BCUT2D eigenvalue weighted by Crippen LogP contribution is 2.23. The summed E-state index contributed by atoms with van der Waals surface area (Å²) in [6, 6.07) is 7.08. The number of likely N-dealkylation sites (N-methyl/N-ethyl adjacent to an activating group) is 1. The van der Waals surface area contributed by atoms with E-state index in [0.717, 1.165) is 23.0 Å². The summed E-state index contributed by atoms with van der Waals surface area (Å²) in [6.45, 7) is 6.37. The summed E-state index contributed by atoms with van der Waals surface area (Å²) in [7, 11) is 4.05. The van der Waals surface area contributed by atoms with Gasteiger partial charge in [-0.1, -0.05) is 23.8 Å². The number of aromatic nitrogens is 2. The van der Waals surface area contributed by atoms with Crippen LogP contribution in [0, 0.1) is 20.8 Å². The molecule has 0 saturated carbocycles. The second-order valence-electron chi connectivity index (χ2n) is 5.79. The van der Waals surface area contributed by atoms with Crippen molar-refractivity contribution in [2.75, 3.05) is 7.05 Å². The van der Waals surface area contributed by atoms with Crippen LogP contribution in [0.5, 0.6) is 0 Å². The van der Waals surface area contributed by atoms with Crippen LogP contribution in [0.2, 0.25) is 0 Å². The van der Waals surface area contributed by atoms with Crippen molar-refractivity contribution in [1.82, 2.24) is 15.1 Å². The second-order valence-corrected chi connectivity index (χ2v) is 6.59. The molecule has 1 heterocycles. The largest absolute Gasteiger partial charge is 0.316 e. The molecule has 2 rings (SSSR count). The first-order valence-corrected chi connectivity index (χ1v) is 8.13. The Morgan fingerprint density at radius 3 is 2.52 bits per heavy atom. The average Bonchev–Trinajstić information content (AvgIpc) is 2.68. The molecule has 0 spiro atoms. The molecule has 0 radical (unpaired) electrons. The van der Waals surface area contributed by atoms with Gasteiger partial charge in [0, 0.05) is 19.5 Å². The Labute approximate surface area is 135 Å². The van der Waals surface area contributed by atoms with Crippen LogP contribution in [0.25, 0.3) is 0 Å². The molecule has 1 unspecified atom stereocenters. The topological polar surface area (TPSA) is 29.9 Å². The fourth-order valence-electron chi connectivity index (χ4n) is 2.70. The maximum atomic E-state index is 4.48. The van der Waals surface area contributed by atoms with Crippen molar-refractivity contribution >= 4 is 15.9 Å². The van der Waals surface area contributed by atoms with Gasteiger partial charge in [-0.15, -0.1) is 0 Å². The van der Waals surface area contributed by atoms with Crippen LogP contribution in [-0.4, -0.2) is 22.9 Å². The van der Waals surface area contributed by atoms with Crippen molar-refractivity contribution < 1.29 is 0 Å². The van der Waals surface area contributed by atoms with Crippen LogP contribution in [0.1, 0.15) is 28.1 Å². The van der Waals surface area contributed by atoms with Gasteiger partial charge in [0.05, 0.1) is 15.9 Å². The summed E-state index contributed by atoms with van der Waals surface area (Å²) in [5.41, 5.74) is 6.40. The van der Waals surface area contributed by atoms with Gasteiger partial charge in [0.15, 0.2) is 0 Å². The van der Waals surface area contributed by atoms with Gasteiger partial charge in [-0.3, -0.25) is 4.68 Å². The molecule has 0 aliphatic rings. The zero-order chi connectivity index (χ0) is 15.6. The summed E-state index contributed by atoms with van der Waals surface area (Å²) in [5.74, 6) is 0. The Kier molecular flexibility index (Phi) is 5.22. The lowest BCUT2D eigenvalue weighted by molar-refractivity contribution is 0.531. The summed E-state index contributed by atoms with van der Waals surface area (Å²) in [6.07, 6.45) is 1.99. The monoisotopic (exact) mass is 349 g/mol. The van der Waals surface area contributed by atoms with Gasteiger partial charge in [-0.05, 0) is 61.3 Å². The van der Waals surface area contributed by atoms with E-state index in [2.05, 4.69) is 58.4 Å². The molecule has 1 aromatic heterocycles. The number of hydrogen-bond donors (Lipinski definition) is 1. The first kappa shape index (κ1) is 16.2. The van der Waals surface area contributed by atoms with Gasteiger partial charge >= 0.3 is 0 Å². The number of nitrogens with zero attached hydrogens (tertiary/aromatic N) is 2. The minimum Gasteiger partial charge on any atom is -0.316 e. The molecular formula is C17H24BrN3. The second kappa shape index (κ2) is 6.75. The van der Waals surface area contributed by atoms with Crippen LogP contribution >= 0.6 is 15.9 Å². The van der Waals surface area contributed by atoms with Gasteiger partial charge in [-0.2, -0.15) is 5.10 Å². The standard InChI is InChI=1S/C17H24BrN3/c1-11-6-7-12(2)14(8-11)9-15(19-4)10-16-17(18)13(3)20-21(16)5/h6-8,15,19H,9-10H2,1-5H3. The maximum absolute atomic E-state index is 4.48. The molecule has 0 aliphatic carbocycles. The van der Waals surface area contributed by atoms with Gasteiger partial charge < -0.3 is 5.32 Å². The van der Waals surface area contributed by atoms with E-state index < -0.39 is 0 Å². The van der Waals surface area contributed by atoms with Crippen LogP contribution in [0.3, 0.4) is 0 Å². The van der Waals surface area contributed by atoms with E-state index in [1.54, 1.807) is 0 Å². The Balaban J connectivity index is 2.19. The van der Waals surface area contributed by atoms with Crippen molar-refractivity contribution in [3.63, 3.8) is 0 Å². The molecule has 2 aromatic rings. The minimum atomic E-state index is 0.400. The lowest BCUT2D eigenvalue weighted by atomic mass is 9.96. The summed E-state index contributed by atoms with van der Waals surface area (Å²) < 4.78 is 3.11. The molecule has 3 nitrogen and oxygen atoms in total. The predicted octanol–water partition coefficient (Wildman–Crippen LogP) is 3.48. The lowest BCUT2D eigenvalue weighted by Crippen LogP contribution is -2.31. The van der Waals surface area contributed by atoms with Crippen LogP contribution in [-0.2, 0) is 19.9 Å². The quantitative estimate of drug-likeness (QED) is 0.895. The number of aryl methyl sites for hydroxylation is 4. The number of benzene rings is 1. The molecule has 1 atom stereocenters. The highest BCUT2D eigenvalue weighted by molar-refractivity contribution is 9.10. The van der Waals surface area contributed by atoms with Crippen molar-refractivity contribution in [2.24, 2.45) is 7.05 Å². The highest BCUT2D eigenvalue weighted by Gasteiger charge is 2.16. The Bertz CT molecular complexity index is 631. The number of rotatable bonds is 5. The third-order valence-electron chi connectivity index (χ3n) is 4.08. The Morgan fingerprint density at radius 2 is 1.95 bits per heavy atom. The van der Waals surface area contributed by atoms with Gasteiger partial charge in [-0.25, -0.2) is 0 Å². The highest BCUT2D eigenvalue weighted by atomic mass is 79.9. The van der Waals surface area contributed by atoms with E-state index >= 15 is 0 Å². The van der Waals surface area contributed by atoms with Crippen LogP contribution < -0.4 is 5.32 Å². The molecule has 0 saturated heterocycles. The summed E-state index contributed by atoms with van der Waals surface area (Å²) in [4.78, 5) is 0.